The molecule has 1 aromatic carbocycles. The van der Waals surface area contributed by atoms with Crippen LogP contribution in [0.3, 0.4) is 0 Å². The van der Waals surface area contributed by atoms with Crippen LogP contribution in [0, 0.1) is 13.8 Å². The molecule has 24 heavy (non-hydrogen) atoms. The van der Waals surface area contributed by atoms with E-state index in [1.54, 1.807) is 6.07 Å². The minimum atomic E-state index is -3.71. The Morgan fingerprint density at radius 2 is 1.71 bits per heavy atom. The number of benzene rings is 1. The molecule has 1 N–H and O–H groups in total. The van der Waals surface area contributed by atoms with Gasteiger partial charge in [-0.15, -0.1) is 0 Å². The molecular formula is C19H27NO3S. The second kappa shape index (κ2) is 6.51. The minimum absolute atomic E-state index is 0.142. The van der Waals surface area contributed by atoms with Crippen LogP contribution in [-0.4, -0.2) is 25.1 Å². The molecule has 2 aliphatic carbocycles. The van der Waals surface area contributed by atoms with Crippen molar-refractivity contribution in [3.05, 3.63) is 29.3 Å². The average molecular weight is 349 g/mol. The van der Waals surface area contributed by atoms with Gasteiger partial charge in [-0.3, -0.25) is 4.79 Å². The molecular weight excluding hydrogens is 322 g/mol. The van der Waals surface area contributed by atoms with Gasteiger partial charge in [0.2, 0.25) is 5.91 Å². The highest BCUT2D eigenvalue weighted by Crippen LogP contribution is 2.42. The van der Waals surface area contributed by atoms with Crippen molar-refractivity contribution in [2.75, 3.05) is 0 Å². The smallest absolute Gasteiger partial charge is 0.242 e. The summed E-state index contributed by atoms with van der Waals surface area (Å²) in [5.74, 6) is -0.271. The summed E-state index contributed by atoms with van der Waals surface area (Å²) in [7, 11) is -3.71. The number of sulfone groups is 1. The molecule has 5 heteroatoms. The van der Waals surface area contributed by atoms with E-state index in [9.17, 15) is 13.2 Å². The third kappa shape index (κ3) is 2.87. The van der Waals surface area contributed by atoms with Crippen molar-refractivity contribution >= 4 is 15.7 Å². The summed E-state index contributed by atoms with van der Waals surface area (Å²) in [6.45, 7) is 3.70. The number of hydrogen-bond donors (Lipinski definition) is 1. The SMILES string of the molecule is Cc1ccc(C)c(S(=O)(=O)C2(C(=O)NC3CCCC3)CCCC2)c1. The predicted molar refractivity (Wildman–Crippen MR) is 94.7 cm³/mol. The van der Waals surface area contributed by atoms with Crippen molar-refractivity contribution in [3.63, 3.8) is 0 Å². The lowest BCUT2D eigenvalue weighted by Gasteiger charge is -2.30. The van der Waals surface area contributed by atoms with Gasteiger partial charge in [-0.1, -0.05) is 37.8 Å². The summed E-state index contributed by atoms with van der Waals surface area (Å²) < 4.78 is 25.7. The zero-order valence-corrected chi connectivity index (χ0v) is 15.4. The number of carbonyl (C=O) groups is 1. The number of carbonyl (C=O) groups excluding carboxylic acids is 1. The molecule has 1 aromatic rings. The second-order valence-corrected chi connectivity index (χ2v) is 9.66. The molecule has 0 aromatic heterocycles. The summed E-state index contributed by atoms with van der Waals surface area (Å²) in [6.07, 6.45) is 6.60. The van der Waals surface area contributed by atoms with Crippen molar-refractivity contribution in [1.82, 2.24) is 5.32 Å². The molecule has 0 saturated heterocycles. The van der Waals surface area contributed by atoms with Gasteiger partial charge in [0.1, 0.15) is 0 Å². The normalized spacial score (nSPS) is 21.1. The van der Waals surface area contributed by atoms with Crippen molar-refractivity contribution < 1.29 is 13.2 Å². The lowest BCUT2D eigenvalue weighted by Crippen LogP contribution is -2.53. The van der Waals surface area contributed by atoms with Crippen molar-refractivity contribution in [3.8, 4) is 0 Å². The fraction of sp³-hybridized carbons (Fsp3) is 0.632. The van der Waals surface area contributed by atoms with E-state index in [4.69, 9.17) is 0 Å². The number of aryl methyl sites for hydroxylation is 2. The Hall–Kier alpha value is -1.36. The second-order valence-electron chi connectivity index (χ2n) is 7.43. The van der Waals surface area contributed by atoms with Gasteiger partial charge < -0.3 is 5.32 Å². The topological polar surface area (TPSA) is 63.2 Å². The Kier molecular flexibility index (Phi) is 4.73. The molecule has 2 aliphatic rings. The van der Waals surface area contributed by atoms with E-state index < -0.39 is 14.6 Å². The molecule has 0 unspecified atom stereocenters. The van der Waals surface area contributed by atoms with Crippen molar-refractivity contribution in [2.24, 2.45) is 0 Å². The quantitative estimate of drug-likeness (QED) is 0.905. The van der Waals surface area contributed by atoms with Crippen molar-refractivity contribution in [1.29, 1.82) is 0 Å². The van der Waals surface area contributed by atoms with Crippen LogP contribution >= 0.6 is 0 Å². The maximum Gasteiger partial charge on any atom is 0.242 e. The van der Waals surface area contributed by atoms with E-state index in [0.717, 1.165) is 49.7 Å². The standard InChI is InChI=1S/C19H27NO3S/c1-14-9-10-15(2)17(13-14)24(22,23)19(11-5-6-12-19)18(21)20-16-7-3-4-8-16/h9-10,13,16H,3-8,11-12H2,1-2H3,(H,20,21). The first-order valence-corrected chi connectivity index (χ1v) is 10.5. The van der Waals surface area contributed by atoms with Crippen LogP contribution in [-0.2, 0) is 14.6 Å². The van der Waals surface area contributed by atoms with Gasteiger partial charge in [-0.25, -0.2) is 8.42 Å². The van der Waals surface area contributed by atoms with Gasteiger partial charge >= 0.3 is 0 Å². The molecule has 4 nitrogen and oxygen atoms in total. The molecule has 0 aliphatic heterocycles. The van der Waals surface area contributed by atoms with E-state index in [-0.39, 0.29) is 11.9 Å². The minimum Gasteiger partial charge on any atom is -0.352 e. The summed E-state index contributed by atoms with van der Waals surface area (Å²) in [4.78, 5) is 13.4. The van der Waals surface area contributed by atoms with Gasteiger partial charge in [0.05, 0.1) is 4.90 Å². The first-order valence-electron chi connectivity index (χ1n) is 9.00. The summed E-state index contributed by atoms with van der Waals surface area (Å²) in [6, 6.07) is 5.60. The first-order chi connectivity index (χ1) is 11.4. The number of nitrogens with one attached hydrogen (secondary N) is 1. The van der Waals surface area contributed by atoms with Gasteiger partial charge in [-0.05, 0) is 56.7 Å². The van der Waals surface area contributed by atoms with Gasteiger partial charge in [-0.2, -0.15) is 0 Å². The maximum atomic E-state index is 13.5. The zero-order chi connectivity index (χ0) is 17.4. The molecule has 2 fully saturated rings. The van der Waals surface area contributed by atoms with Crippen molar-refractivity contribution in [2.45, 2.75) is 80.9 Å². The molecule has 132 valence electrons. The van der Waals surface area contributed by atoms with Gasteiger partial charge in [0.25, 0.3) is 0 Å². The van der Waals surface area contributed by atoms with Crippen LogP contribution < -0.4 is 5.32 Å². The Morgan fingerprint density at radius 3 is 2.33 bits per heavy atom. The molecule has 1 amide bonds. The number of hydrogen-bond acceptors (Lipinski definition) is 3. The highest BCUT2D eigenvalue weighted by molar-refractivity contribution is 7.93. The predicted octanol–water partition coefficient (Wildman–Crippen LogP) is 3.45. The molecule has 0 atom stereocenters. The maximum absolute atomic E-state index is 13.5. The number of rotatable bonds is 4. The third-order valence-electron chi connectivity index (χ3n) is 5.66. The van der Waals surface area contributed by atoms with E-state index in [0.29, 0.717) is 17.7 Å². The summed E-state index contributed by atoms with van der Waals surface area (Å²) in [5.41, 5.74) is 1.63. The van der Waals surface area contributed by atoms with E-state index in [2.05, 4.69) is 5.32 Å². The van der Waals surface area contributed by atoms with Crippen LogP contribution in [0.2, 0.25) is 0 Å². The summed E-state index contributed by atoms with van der Waals surface area (Å²) in [5, 5.41) is 3.05. The van der Waals surface area contributed by atoms with E-state index >= 15 is 0 Å². The van der Waals surface area contributed by atoms with E-state index in [1.807, 2.05) is 26.0 Å². The average Bonchev–Trinajstić information content (AvgIpc) is 3.21. The highest BCUT2D eigenvalue weighted by Gasteiger charge is 2.53. The Bertz CT molecular complexity index is 727. The van der Waals surface area contributed by atoms with Crippen LogP contribution in [0.4, 0.5) is 0 Å². The number of amides is 1. The zero-order valence-electron chi connectivity index (χ0n) is 14.6. The van der Waals surface area contributed by atoms with Crippen LogP contribution in [0.15, 0.2) is 23.1 Å². The first kappa shape index (κ1) is 17.5. The largest absolute Gasteiger partial charge is 0.352 e. The molecule has 0 radical (unpaired) electrons. The molecule has 2 saturated carbocycles. The lowest BCUT2D eigenvalue weighted by atomic mass is 10.1. The fourth-order valence-electron chi connectivity index (χ4n) is 4.16. The van der Waals surface area contributed by atoms with Crippen LogP contribution in [0.25, 0.3) is 0 Å². The van der Waals surface area contributed by atoms with Gasteiger partial charge in [0.15, 0.2) is 14.6 Å². The summed E-state index contributed by atoms with van der Waals surface area (Å²) >= 11 is 0. The van der Waals surface area contributed by atoms with E-state index in [1.165, 1.54) is 0 Å². The molecule has 0 spiro atoms. The molecule has 0 bridgehead atoms. The van der Waals surface area contributed by atoms with Crippen LogP contribution in [0.1, 0.15) is 62.5 Å². The lowest BCUT2D eigenvalue weighted by molar-refractivity contribution is -0.124. The molecule has 3 rings (SSSR count). The third-order valence-corrected chi connectivity index (χ3v) is 8.30. The Labute approximate surface area is 145 Å². The Balaban J connectivity index is 1.99. The fourth-order valence-corrected chi connectivity index (χ4v) is 6.54. The van der Waals surface area contributed by atoms with Gasteiger partial charge in [0, 0.05) is 6.04 Å². The highest BCUT2D eigenvalue weighted by atomic mass is 32.2. The van der Waals surface area contributed by atoms with Crippen LogP contribution in [0.5, 0.6) is 0 Å². The Morgan fingerprint density at radius 1 is 1.08 bits per heavy atom. The monoisotopic (exact) mass is 349 g/mol. The molecule has 0 heterocycles.